The predicted octanol–water partition coefficient (Wildman–Crippen LogP) is 2.84. The number of rotatable bonds is 7. The fourth-order valence-corrected chi connectivity index (χ4v) is 4.71. The average molecular weight is 577 g/mol. The summed E-state index contributed by atoms with van der Waals surface area (Å²) in [6, 6.07) is 9.14. The van der Waals surface area contributed by atoms with Crippen molar-refractivity contribution in [1.29, 1.82) is 0 Å². The summed E-state index contributed by atoms with van der Waals surface area (Å²) in [7, 11) is 1.64. The maximum Gasteiger partial charge on any atom is 0.321 e. The first-order valence-corrected chi connectivity index (χ1v) is 13.5. The number of anilines is 2. The third kappa shape index (κ3) is 6.05. The SMILES string of the molecule is C[C@@H]1CN([C@H](C)CO)C(=O)c2cccc(NC(=O)c3cnccn3)c2O[C@@H]1CN(C)C(=O)Nc1ccc2c(c1)OCO2. The number of para-hydroxylation sites is 1. The molecule has 0 spiro atoms. The lowest BCUT2D eigenvalue weighted by Gasteiger charge is -2.38. The van der Waals surface area contributed by atoms with Crippen LogP contribution >= 0.6 is 0 Å². The van der Waals surface area contributed by atoms with Crippen LogP contribution < -0.4 is 24.8 Å². The van der Waals surface area contributed by atoms with Gasteiger partial charge >= 0.3 is 6.03 Å². The number of nitrogens with one attached hydrogen (secondary N) is 2. The minimum Gasteiger partial charge on any atom is -0.485 e. The molecule has 4 amide bonds. The Labute approximate surface area is 242 Å². The average Bonchev–Trinajstić information content (AvgIpc) is 3.47. The van der Waals surface area contributed by atoms with Gasteiger partial charge < -0.3 is 39.8 Å². The molecule has 2 aromatic carbocycles. The Morgan fingerprint density at radius 3 is 2.74 bits per heavy atom. The summed E-state index contributed by atoms with van der Waals surface area (Å²) >= 11 is 0. The van der Waals surface area contributed by atoms with Crippen molar-refractivity contribution in [3.8, 4) is 17.2 Å². The molecule has 0 saturated heterocycles. The van der Waals surface area contributed by atoms with Crippen LogP contribution in [0.5, 0.6) is 17.2 Å². The van der Waals surface area contributed by atoms with Gasteiger partial charge in [0.05, 0.1) is 36.6 Å². The molecule has 42 heavy (non-hydrogen) atoms. The van der Waals surface area contributed by atoms with Gasteiger partial charge in [-0.1, -0.05) is 13.0 Å². The number of likely N-dealkylation sites (N-methyl/N-ethyl adjacent to an activating group) is 1. The molecule has 0 saturated carbocycles. The Morgan fingerprint density at radius 2 is 1.98 bits per heavy atom. The molecule has 0 bridgehead atoms. The van der Waals surface area contributed by atoms with Gasteiger partial charge in [0.15, 0.2) is 17.2 Å². The van der Waals surface area contributed by atoms with Crippen molar-refractivity contribution < 1.29 is 33.7 Å². The van der Waals surface area contributed by atoms with Gasteiger partial charge in [-0.05, 0) is 31.2 Å². The summed E-state index contributed by atoms with van der Waals surface area (Å²) in [5.74, 6) is 0.177. The van der Waals surface area contributed by atoms with E-state index in [0.717, 1.165) is 0 Å². The Kier molecular flexibility index (Phi) is 8.38. The third-order valence-corrected chi connectivity index (χ3v) is 7.16. The zero-order chi connectivity index (χ0) is 29.8. The number of fused-ring (bicyclic) bond motifs is 2. The molecule has 0 aliphatic carbocycles. The van der Waals surface area contributed by atoms with Gasteiger partial charge in [-0.25, -0.2) is 9.78 Å². The first-order chi connectivity index (χ1) is 20.2. The van der Waals surface area contributed by atoms with Gasteiger partial charge in [-0.2, -0.15) is 0 Å². The zero-order valence-electron chi connectivity index (χ0n) is 23.4. The Hall–Kier alpha value is -4.91. The van der Waals surface area contributed by atoms with E-state index in [1.807, 2.05) is 6.92 Å². The molecule has 3 heterocycles. The lowest BCUT2D eigenvalue weighted by atomic mass is 9.99. The maximum absolute atomic E-state index is 13.7. The molecule has 0 fully saturated rings. The Bertz CT molecular complexity index is 1470. The number of hydrogen-bond donors (Lipinski definition) is 3. The van der Waals surface area contributed by atoms with Crippen LogP contribution in [0.2, 0.25) is 0 Å². The summed E-state index contributed by atoms with van der Waals surface area (Å²) in [5, 5.41) is 15.5. The standard InChI is InChI=1S/C29H32N6O7/c1-17-13-35(18(2)15-36)28(38)20-5-4-6-21(33-27(37)22-12-30-9-10-31-22)26(20)42-25(17)14-34(3)29(39)32-19-7-8-23-24(11-19)41-16-40-23/h4-12,17-18,25,36H,13-16H2,1-3H3,(H,32,39)(H,33,37)/t17-,18-,25-/m1/s1. The van der Waals surface area contributed by atoms with Crippen molar-refractivity contribution in [1.82, 2.24) is 19.8 Å². The molecular formula is C29H32N6O7. The van der Waals surface area contributed by atoms with Crippen molar-refractivity contribution in [2.45, 2.75) is 26.0 Å². The van der Waals surface area contributed by atoms with Gasteiger partial charge in [0.1, 0.15) is 11.8 Å². The fourth-order valence-electron chi connectivity index (χ4n) is 4.71. The largest absolute Gasteiger partial charge is 0.485 e. The molecule has 3 N–H and O–H groups in total. The molecule has 13 nitrogen and oxygen atoms in total. The number of amides is 4. The van der Waals surface area contributed by atoms with E-state index in [4.69, 9.17) is 14.2 Å². The van der Waals surface area contributed by atoms with Crippen LogP contribution in [0.4, 0.5) is 16.2 Å². The second kappa shape index (κ2) is 12.3. The van der Waals surface area contributed by atoms with Crippen molar-refractivity contribution in [3.63, 3.8) is 0 Å². The predicted molar refractivity (Wildman–Crippen MR) is 152 cm³/mol. The lowest BCUT2D eigenvalue weighted by Crippen LogP contribution is -2.50. The number of carbonyl (C=O) groups is 3. The Balaban J connectivity index is 1.41. The van der Waals surface area contributed by atoms with Crippen LogP contribution in [-0.4, -0.2) is 88.4 Å². The highest BCUT2D eigenvalue weighted by Crippen LogP contribution is 2.36. The highest BCUT2D eigenvalue weighted by molar-refractivity contribution is 6.06. The van der Waals surface area contributed by atoms with E-state index in [2.05, 4.69) is 20.6 Å². The topological polar surface area (TPSA) is 155 Å². The molecule has 220 valence electrons. The van der Waals surface area contributed by atoms with E-state index in [-0.39, 0.29) is 67.0 Å². The van der Waals surface area contributed by atoms with E-state index < -0.39 is 18.1 Å². The van der Waals surface area contributed by atoms with Gasteiger partial charge in [-0.15, -0.1) is 0 Å². The summed E-state index contributed by atoms with van der Waals surface area (Å²) < 4.78 is 17.2. The van der Waals surface area contributed by atoms with Crippen LogP contribution in [-0.2, 0) is 0 Å². The molecule has 13 heteroatoms. The first-order valence-electron chi connectivity index (χ1n) is 13.5. The molecule has 1 aromatic heterocycles. The van der Waals surface area contributed by atoms with Gasteiger partial charge in [0.25, 0.3) is 11.8 Å². The number of aromatic nitrogens is 2. The normalized spacial score (nSPS) is 18.2. The van der Waals surface area contributed by atoms with Crippen molar-refractivity contribution in [2.24, 2.45) is 5.92 Å². The van der Waals surface area contributed by atoms with Crippen molar-refractivity contribution in [2.75, 3.05) is 44.2 Å². The van der Waals surface area contributed by atoms with Gasteiger partial charge in [0, 0.05) is 43.7 Å². The quantitative estimate of drug-likeness (QED) is 0.385. The third-order valence-electron chi connectivity index (χ3n) is 7.16. The van der Waals surface area contributed by atoms with E-state index >= 15 is 0 Å². The summed E-state index contributed by atoms with van der Waals surface area (Å²) in [6.07, 6.45) is 3.60. The van der Waals surface area contributed by atoms with E-state index in [0.29, 0.717) is 17.2 Å². The van der Waals surface area contributed by atoms with Crippen LogP contribution in [0, 0.1) is 5.92 Å². The minimum absolute atomic E-state index is 0.0904. The number of benzene rings is 2. The molecule has 3 aromatic rings. The van der Waals surface area contributed by atoms with Crippen LogP contribution in [0.15, 0.2) is 55.0 Å². The van der Waals surface area contributed by atoms with Crippen molar-refractivity contribution in [3.05, 3.63) is 66.2 Å². The smallest absolute Gasteiger partial charge is 0.321 e. The number of aliphatic hydroxyl groups excluding tert-OH is 1. The molecule has 2 aliphatic heterocycles. The number of ether oxygens (including phenoxy) is 3. The second-order valence-electron chi connectivity index (χ2n) is 10.2. The second-order valence-corrected chi connectivity index (χ2v) is 10.2. The molecular weight excluding hydrogens is 544 g/mol. The number of hydrogen-bond acceptors (Lipinski definition) is 9. The molecule has 0 radical (unpaired) electrons. The van der Waals surface area contributed by atoms with Crippen molar-refractivity contribution >= 4 is 29.2 Å². The first kappa shape index (κ1) is 28.6. The van der Waals surface area contributed by atoms with E-state index in [1.54, 1.807) is 55.3 Å². The highest BCUT2D eigenvalue weighted by Gasteiger charge is 2.35. The molecule has 2 aliphatic rings. The van der Waals surface area contributed by atoms with E-state index in [1.165, 1.54) is 23.5 Å². The highest BCUT2D eigenvalue weighted by atomic mass is 16.7. The summed E-state index contributed by atoms with van der Waals surface area (Å²) in [5.41, 5.74) is 1.11. The Morgan fingerprint density at radius 1 is 1.17 bits per heavy atom. The lowest BCUT2D eigenvalue weighted by molar-refractivity contribution is 0.0372. The summed E-state index contributed by atoms with van der Waals surface area (Å²) in [4.78, 5) is 50.8. The van der Waals surface area contributed by atoms with Crippen LogP contribution in [0.3, 0.4) is 0 Å². The molecule has 0 unspecified atom stereocenters. The molecule has 5 rings (SSSR count). The maximum atomic E-state index is 13.7. The van der Waals surface area contributed by atoms with Gasteiger partial charge in [0.2, 0.25) is 6.79 Å². The number of urea groups is 1. The zero-order valence-corrected chi connectivity index (χ0v) is 23.4. The molecule has 3 atom stereocenters. The number of carbonyl (C=O) groups excluding carboxylic acids is 3. The van der Waals surface area contributed by atoms with Gasteiger partial charge in [-0.3, -0.25) is 14.6 Å². The fraction of sp³-hybridized carbons (Fsp3) is 0.345. The minimum atomic E-state index is -0.590. The number of nitrogens with zero attached hydrogens (tertiary/aromatic N) is 4. The number of aliphatic hydroxyl groups is 1. The van der Waals surface area contributed by atoms with Crippen LogP contribution in [0.1, 0.15) is 34.7 Å². The van der Waals surface area contributed by atoms with E-state index in [9.17, 15) is 19.5 Å². The monoisotopic (exact) mass is 576 g/mol. The summed E-state index contributed by atoms with van der Waals surface area (Å²) in [6.45, 7) is 3.98. The van der Waals surface area contributed by atoms with Crippen LogP contribution in [0.25, 0.3) is 0 Å².